The second kappa shape index (κ2) is 7.55. The number of amides is 1. The third-order valence-corrected chi connectivity index (χ3v) is 4.68. The zero-order valence-corrected chi connectivity index (χ0v) is 15.9. The molecular formula is C19H19FN6O3. The minimum Gasteiger partial charge on any atom is -0.441 e. The van der Waals surface area contributed by atoms with Gasteiger partial charge in [0.1, 0.15) is 17.6 Å². The fourth-order valence-corrected chi connectivity index (χ4v) is 3.02. The standard InChI is InChI=1S/C19H19FN6O3/c1-3-26-23-18(22-24-26)16-7-4-12(9-21-16)14-6-5-13(8-15(14)20)25-10-17(11(2)27)29-19(25)28/h4-9,11,17,27H,3,10H2,1-2H3/t11?,17-/m1/s1. The summed E-state index contributed by atoms with van der Waals surface area (Å²) in [4.78, 5) is 19.0. The Morgan fingerprint density at radius 3 is 2.76 bits per heavy atom. The van der Waals surface area contributed by atoms with Crippen molar-refractivity contribution in [2.24, 2.45) is 0 Å². The van der Waals surface area contributed by atoms with Crippen molar-refractivity contribution in [2.45, 2.75) is 32.6 Å². The SMILES string of the molecule is CCn1nnc(-c2ccc(-c3ccc(N4C[C@H](C(C)O)OC4=O)cc3F)cn2)n1. The van der Waals surface area contributed by atoms with E-state index in [1.807, 2.05) is 6.92 Å². The largest absolute Gasteiger partial charge is 0.441 e. The van der Waals surface area contributed by atoms with E-state index in [-0.39, 0.29) is 6.54 Å². The number of halogens is 1. The number of aliphatic hydroxyl groups is 1. The van der Waals surface area contributed by atoms with Crippen LogP contribution in [0.2, 0.25) is 0 Å². The molecule has 10 heteroatoms. The fourth-order valence-electron chi connectivity index (χ4n) is 3.02. The van der Waals surface area contributed by atoms with E-state index in [4.69, 9.17) is 4.74 Å². The maximum atomic E-state index is 14.8. The summed E-state index contributed by atoms with van der Waals surface area (Å²) in [6, 6.07) is 7.90. The molecule has 1 amide bonds. The van der Waals surface area contributed by atoms with Crippen LogP contribution in [0.5, 0.6) is 0 Å². The smallest absolute Gasteiger partial charge is 0.414 e. The van der Waals surface area contributed by atoms with Crippen LogP contribution in [0.4, 0.5) is 14.9 Å². The Bertz CT molecular complexity index is 1040. The lowest BCUT2D eigenvalue weighted by Gasteiger charge is -2.15. The van der Waals surface area contributed by atoms with Crippen LogP contribution in [0, 0.1) is 5.82 Å². The van der Waals surface area contributed by atoms with Gasteiger partial charge in [-0.1, -0.05) is 6.07 Å². The number of benzene rings is 1. The molecule has 1 N–H and O–H groups in total. The minimum atomic E-state index is -0.800. The molecule has 1 aromatic carbocycles. The number of aliphatic hydroxyl groups excluding tert-OH is 1. The van der Waals surface area contributed by atoms with Crippen molar-refractivity contribution in [3.63, 3.8) is 0 Å². The van der Waals surface area contributed by atoms with Crippen LogP contribution in [0.25, 0.3) is 22.6 Å². The number of ether oxygens (including phenoxy) is 1. The van der Waals surface area contributed by atoms with Crippen LogP contribution in [0.15, 0.2) is 36.5 Å². The van der Waals surface area contributed by atoms with E-state index in [2.05, 4.69) is 20.4 Å². The number of nitrogens with zero attached hydrogens (tertiary/aromatic N) is 6. The number of pyridine rings is 1. The first-order valence-electron chi connectivity index (χ1n) is 9.16. The lowest BCUT2D eigenvalue weighted by atomic mass is 10.1. The molecule has 0 radical (unpaired) electrons. The van der Waals surface area contributed by atoms with Gasteiger partial charge in [0.15, 0.2) is 0 Å². The van der Waals surface area contributed by atoms with Crippen molar-refractivity contribution in [1.82, 2.24) is 25.2 Å². The van der Waals surface area contributed by atoms with Gasteiger partial charge in [0, 0.05) is 17.3 Å². The second-order valence-corrected chi connectivity index (χ2v) is 6.67. The van der Waals surface area contributed by atoms with Gasteiger partial charge in [0.05, 0.1) is 24.9 Å². The Morgan fingerprint density at radius 2 is 2.17 bits per heavy atom. The summed E-state index contributed by atoms with van der Waals surface area (Å²) in [5.74, 6) is -0.102. The highest BCUT2D eigenvalue weighted by molar-refractivity contribution is 5.90. The quantitative estimate of drug-likeness (QED) is 0.703. The third kappa shape index (κ3) is 3.66. The molecule has 1 fully saturated rings. The van der Waals surface area contributed by atoms with E-state index in [1.54, 1.807) is 31.2 Å². The van der Waals surface area contributed by atoms with Crippen molar-refractivity contribution < 1.29 is 19.0 Å². The van der Waals surface area contributed by atoms with Crippen molar-refractivity contribution >= 4 is 11.8 Å². The van der Waals surface area contributed by atoms with Gasteiger partial charge >= 0.3 is 6.09 Å². The molecule has 2 atom stereocenters. The van der Waals surface area contributed by atoms with Crippen molar-refractivity contribution in [2.75, 3.05) is 11.4 Å². The van der Waals surface area contributed by atoms with Gasteiger partial charge in [-0.2, -0.15) is 4.80 Å². The number of aromatic nitrogens is 5. The van der Waals surface area contributed by atoms with E-state index in [0.29, 0.717) is 34.9 Å². The maximum Gasteiger partial charge on any atom is 0.414 e. The van der Waals surface area contributed by atoms with Crippen LogP contribution >= 0.6 is 0 Å². The molecular weight excluding hydrogens is 379 g/mol. The normalized spacial score (nSPS) is 17.4. The third-order valence-electron chi connectivity index (χ3n) is 4.68. The van der Waals surface area contributed by atoms with Crippen LogP contribution in [-0.4, -0.2) is 55.1 Å². The number of tetrazole rings is 1. The highest BCUT2D eigenvalue weighted by Crippen LogP contribution is 2.29. The Hall–Kier alpha value is -3.40. The van der Waals surface area contributed by atoms with Crippen molar-refractivity contribution in [3.8, 4) is 22.6 Å². The van der Waals surface area contributed by atoms with E-state index in [1.165, 1.54) is 22.0 Å². The van der Waals surface area contributed by atoms with Crippen LogP contribution < -0.4 is 4.90 Å². The first kappa shape index (κ1) is 18.9. The number of hydrogen-bond acceptors (Lipinski definition) is 7. The number of carbonyl (C=O) groups excluding carboxylic acids is 1. The summed E-state index contributed by atoms with van der Waals surface area (Å²) in [5.41, 5.74) is 1.82. The Kier molecular flexibility index (Phi) is 4.93. The lowest BCUT2D eigenvalue weighted by molar-refractivity contribution is 0.0437. The Balaban J connectivity index is 1.56. The van der Waals surface area contributed by atoms with E-state index in [0.717, 1.165) is 0 Å². The molecule has 1 saturated heterocycles. The molecule has 9 nitrogen and oxygen atoms in total. The Labute approximate surface area is 165 Å². The van der Waals surface area contributed by atoms with Crippen LogP contribution in [-0.2, 0) is 11.3 Å². The number of rotatable bonds is 5. The molecule has 1 aliphatic rings. The average Bonchev–Trinajstić information content (AvgIpc) is 3.35. The van der Waals surface area contributed by atoms with Gasteiger partial charge in [-0.05, 0) is 43.3 Å². The highest BCUT2D eigenvalue weighted by atomic mass is 19.1. The molecule has 29 heavy (non-hydrogen) atoms. The molecule has 150 valence electrons. The summed E-state index contributed by atoms with van der Waals surface area (Å²) in [7, 11) is 0. The fraction of sp³-hybridized carbons (Fsp3) is 0.316. The predicted molar refractivity (Wildman–Crippen MR) is 101 cm³/mol. The van der Waals surface area contributed by atoms with Gasteiger partial charge < -0.3 is 9.84 Å². The predicted octanol–water partition coefficient (Wildman–Crippen LogP) is 2.27. The zero-order valence-electron chi connectivity index (χ0n) is 15.9. The van der Waals surface area contributed by atoms with Crippen LogP contribution in [0.1, 0.15) is 13.8 Å². The Morgan fingerprint density at radius 1 is 1.34 bits per heavy atom. The number of cyclic esters (lactones) is 1. The molecule has 3 aromatic rings. The summed E-state index contributed by atoms with van der Waals surface area (Å²) in [6.45, 7) is 4.21. The van der Waals surface area contributed by atoms with Crippen molar-refractivity contribution in [1.29, 1.82) is 0 Å². The monoisotopic (exact) mass is 398 g/mol. The highest BCUT2D eigenvalue weighted by Gasteiger charge is 2.35. The van der Waals surface area contributed by atoms with Gasteiger partial charge in [-0.3, -0.25) is 9.88 Å². The molecule has 1 unspecified atom stereocenters. The molecule has 0 spiro atoms. The molecule has 1 aliphatic heterocycles. The number of hydrogen-bond donors (Lipinski definition) is 1. The number of carbonyl (C=O) groups is 1. The molecule has 0 aliphatic carbocycles. The first-order valence-corrected chi connectivity index (χ1v) is 9.16. The summed E-state index contributed by atoms with van der Waals surface area (Å²) in [5, 5.41) is 21.6. The van der Waals surface area contributed by atoms with E-state index >= 15 is 0 Å². The van der Waals surface area contributed by atoms with Gasteiger partial charge in [-0.25, -0.2) is 9.18 Å². The molecule has 4 rings (SSSR count). The van der Waals surface area contributed by atoms with Crippen LogP contribution in [0.3, 0.4) is 0 Å². The number of aryl methyl sites for hydroxylation is 1. The summed E-state index contributed by atoms with van der Waals surface area (Å²) in [6.07, 6.45) is -0.512. The van der Waals surface area contributed by atoms with E-state index in [9.17, 15) is 14.3 Å². The summed E-state index contributed by atoms with van der Waals surface area (Å²) < 4.78 is 19.8. The topological polar surface area (TPSA) is 106 Å². The minimum absolute atomic E-state index is 0.164. The molecule has 0 saturated carbocycles. The average molecular weight is 398 g/mol. The molecule has 3 heterocycles. The molecule has 2 aromatic heterocycles. The van der Waals surface area contributed by atoms with E-state index < -0.39 is 24.1 Å². The molecule has 0 bridgehead atoms. The lowest BCUT2D eigenvalue weighted by Crippen LogP contribution is -2.29. The second-order valence-electron chi connectivity index (χ2n) is 6.67. The maximum absolute atomic E-state index is 14.8. The van der Waals surface area contributed by atoms with Crippen molar-refractivity contribution in [3.05, 3.63) is 42.3 Å². The zero-order chi connectivity index (χ0) is 20.5. The first-order chi connectivity index (χ1) is 14.0. The van der Waals surface area contributed by atoms with Gasteiger partial charge in [0.25, 0.3) is 0 Å². The summed E-state index contributed by atoms with van der Waals surface area (Å²) >= 11 is 0. The van der Waals surface area contributed by atoms with Gasteiger partial charge in [-0.15, -0.1) is 10.2 Å². The number of anilines is 1. The van der Waals surface area contributed by atoms with Gasteiger partial charge in [0.2, 0.25) is 5.82 Å².